The summed E-state index contributed by atoms with van der Waals surface area (Å²) < 4.78 is 0. The lowest BCUT2D eigenvalue weighted by molar-refractivity contribution is -0.125. The Morgan fingerprint density at radius 2 is 1.88 bits per heavy atom. The van der Waals surface area contributed by atoms with Crippen molar-refractivity contribution in [2.45, 2.75) is 38.5 Å². The van der Waals surface area contributed by atoms with E-state index in [-0.39, 0.29) is 18.4 Å². The molecule has 1 aromatic rings. The molecular weight excluding hydrogens is 326 g/mol. The fraction of sp³-hybridized carbons (Fsp3) is 0.556. The van der Waals surface area contributed by atoms with E-state index in [1.807, 2.05) is 19.0 Å². The first-order chi connectivity index (χ1) is 11.5. The number of nitrogens with zero attached hydrogens (tertiary/aromatic N) is 1. The molecule has 0 atom stereocenters. The first kappa shape index (κ1) is 18.6. The monoisotopic (exact) mass is 351 g/mol. The maximum absolute atomic E-state index is 12.1. The highest BCUT2D eigenvalue weighted by molar-refractivity contribution is 6.34. The smallest absolute Gasteiger partial charge is 0.243 e. The number of carbonyl (C=O) groups excluding carboxylic acids is 2. The molecule has 2 N–H and O–H groups in total. The van der Waals surface area contributed by atoms with E-state index in [2.05, 4.69) is 10.6 Å². The molecule has 1 aliphatic rings. The van der Waals surface area contributed by atoms with Crippen LogP contribution in [-0.4, -0.2) is 32.5 Å². The second kappa shape index (κ2) is 8.92. The van der Waals surface area contributed by atoms with Gasteiger partial charge in [-0.2, -0.15) is 0 Å². The quantitative estimate of drug-likeness (QED) is 0.825. The van der Waals surface area contributed by atoms with E-state index >= 15 is 0 Å². The minimum atomic E-state index is -0.252. The lowest BCUT2D eigenvalue weighted by Crippen LogP contribution is -2.34. The average molecular weight is 352 g/mol. The zero-order chi connectivity index (χ0) is 17.5. The van der Waals surface area contributed by atoms with Crippen LogP contribution in [0.5, 0.6) is 0 Å². The summed E-state index contributed by atoms with van der Waals surface area (Å²) in [6, 6.07) is 5.36. The third kappa shape index (κ3) is 5.41. The van der Waals surface area contributed by atoms with Gasteiger partial charge in [-0.15, -0.1) is 0 Å². The fourth-order valence-electron chi connectivity index (χ4n) is 3.17. The average Bonchev–Trinajstić information content (AvgIpc) is 2.53. The highest BCUT2D eigenvalue weighted by Gasteiger charge is 2.18. The van der Waals surface area contributed by atoms with Crippen LogP contribution in [0.2, 0.25) is 5.02 Å². The summed E-state index contributed by atoms with van der Waals surface area (Å²) in [5, 5.41) is 6.10. The van der Waals surface area contributed by atoms with Gasteiger partial charge >= 0.3 is 0 Å². The van der Waals surface area contributed by atoms with E-state index in [0.29, 0.717) is 23.0 Å². The maximum atomic E-state index is 12.1. The summed E-state index contributed by atoms with van der Waals surface area (Å²) in [6.45, 7) is -0.0229. The molecule has 6 heteroatoms. The number of nitrogens with one attached hydrogen (secondary N) is 2. The molecular formula is C18H26ClN3O2. The van der Waals surface area contributed by atoms with Gasteiger partial charge in [0.15, 0.2) is 0 Å². The summed E-state index contributed by atoms with van der Waals surface area (Å²) in [5.74, 6) is 0.170. The van der Waals surface area contributed by atoms with Crippen LogP contribution in [0.25, 0.3) is 0 Å². The van der Waals surface area contributed by atoms with E-state index in [9.17, 15) is 9.59 Å². The van der Waals surface area contributed by atoms with Gasteiger partial charge in [0, 0.05) is 20.5 Å². The van der Waals surface area contributed by atoms with Crippen molar-refractivity contribution in [3.63, 3.8) is 0 Å². The number of carbonyl (C=O) groups is 2. The normalized spacial score (nSPS) is 15.0. The predicted molar refractivity (Wildman–Crippen MR) is 98.6 cm³/mol. The minimum Gasteiger partial charge on any atom is -0.375 e. The first-order valence-corrected chi connectivity index (χ1v) is 8.87. The molecule has 0 aromatic heterocycles. The van der Waals surface area contributed by atoms with Crippen LogP contribution in [-0.2, 0) is 9.59 Å². The van der Waals surface area contributed by atoms with Crippen LogP contribution < -0.4 is 15.5 Å². The number of rotatable bonds is 6. The Balaban J connectivity index is 1.83. The second-order valence-corrected chi connectivity index (χ2v) is 6.97. The Bertz CT molecular complexity index is 584. The van der Waals surface area contributed by atoms with Crippen molar-refractivity contribution in [3.8, 4) is 0 Å². The molecule has 0 aliphatic heterocycles. The van der Waals surface area contributed by atoms with Crippen molar-refractivity contribution >= 4 is 34.8 Å². The highest BCUT2D eigenvalue weighted by atomic mass is 35.5. The standard InChI is InChI=1S/C18H26ClN3O2/c1-22(2)18-14(19)9-6-10-15(18)21-17(24)12-20-16(23)11-13-7-4-3-5-8-13/h6,9-10,13H,3-5,7-8,11-12H2,1-2H3,(H,20,23)(H,21,24). The zero-order valence-corrected chi connectivity index (χ0v) is 15.2. The molecule has 2 amide bonds. The lowest BCUT2D eigenvalue weighted by Gasteiger charge is -2.21. The molecule has 132 valence electrons. The molecule has 0 saturated heterocycles. The fourth-order valence-corrected chi connectivity index (χ4v) is 3.51. The highest BCUT2D eigenvalue weighted by Crippen LogP contribution is 2.32. The van der Waals surface area contributed by atoms with Crippen molar-refractivity contribution in [1.29, 1.82) is 0 Å². The van der Waals surface area contributed by atoms with Crippen molar-refractivity contribution < 1.29 is 9.59 Å². The summed E-state index contributed by atoms with van der Waals surface area (Å²) in [5.41, 5.74) is 1.39. The largest absolute Gasteiger partial charge is 0.375 e. The maximum Gasteiger partial charge on any atom is 0.243 e. The molecule has 1 aromatic carbocycles. The second-order valence-electron chi connectivity index (χ2n) is 6.56. The molecule has 1 fully saturated rings. The van der Waals surface area contributed by atoms with Crippen LogP contribution in [0.3, 0.4) is 0 Å². The Morgan fingerprint density at radius 1 is 1.17 bits per heavy atom. The molecule has 1 aliphatic carbocycles. The molecule has 24 heavy (non-hydrogen) atoms. The minimum absolute atomic E-state index is 0.0229. The van der Waals surface area contributed by atoms with Crippen molar-refractivity contribution in [2.24, 2.45) is 5.92 Å². The number of halogens is 1. The number of hydrogen-bond acceptors (Lipinski definition) is 3. The Hall–Kier alpha value is -1.75. The zero-order valence-electron chi connectivity index (χ0n) is 14.4. The van der Waals surface area contributed by atoms with Crippen LogP contribution in [0.1, 0.15) is 38.5 Å². The van der Waals surface area contributed by atoms with Gasteiger partial charge in [-0.3, -0.25) is 9.59 Å². The van der Waals surface area contributed by atoms with Crippen molar-refractivity contribution in [2.75, 3.05) is 30.9 Å². The molecule has 0 unspecified atom stereocenters. The number of hydrogen-bond donors (Lipinski definition) is 2. The number of benzene rings is 1. The van der Waals surface area contributed by atoms with Gasteiger partial charge < -0.3 is 15.5 Å². The molecule has 0 heterocycles. The summed E-state index contributed by atoms with van der Waals surface area (Å²) in [6.07, 6.45) is 6.45. The van der Waals surface area contributed by atoms with Gasteiger partial charge in [0.2, 0.25) is 11.8 Å². The Labute approximate surface area is 148 Å². The van der Waals surface area contributed by atoms with E-state index in [4.69, 9.17) is 11.6 Å². The van der Waals surface area contributed by atoms with Crippen LogP contribution in [0, 0.1) is 5.92 Å². The Kier molecular flexibility index (Phi) is 6.91. The van der Waals surface area contributed by atoms with Gasteiger partial charge in [0.25, 0.3) is 0 Å². The predicted octanol–water partition coefficient (Wildman–Crippen LogP) is 3.43. The topological polar surface area (TPSA) is 61.4 Å². The molecule has 5 nitrogen and oxygen atoms in total. The molecule has 0 spiro atoms. The van der Waals surface area contributed by atoms with Crippen LogP contribution in [0.4, 0.5) is 11.4 Å². The van der Waals surface area contributed by atoms with Gasteiger partial charge in [0.1, 0.15) is 0 Å². The molecule has 0 bridgehead atoms. The number of anilines is 2. The van der Waals surface area contributed by atoms with Gasteiger partial charge in [-0.05, 0) is 30.9 Å². The van der Waals surface area contributed by atoms with Crippen molar-refractivity contribution in [1.82, 2.24) is 5.32 Å². The van der Waals surface area contributed by atoms with Crippen LogP contribution >= 0.6 is 11.6 Å². The molecule has 1 saturated carbocycles. The summed E-state index contributed by atoms with van der Waals surface area (Å²) >= 11 is 6.18. The summed E-state index contributed by atoms with van der Waals surface area (Å²) in [4.78, 5) is 25.9. The Morgan fingerprint density at radius 3 is 2.54 bits per heavy atom. The third-order valence-electron chi connectivity index (χ3n) is 4.35. The lowest BCUT2D eigenvalue weighted by atomic mass is 9.87. The molecule has 0 radical (unpaired) electrons. The van der Waals surface area contributed by atoms with Gasteiger partial charge in [-0.25, -0.2) is 0 Å². The third-order valence-corrected chi connectivity index (χ3v) is 4.66. The summed E-state index contributed by atoms with van der Waals surface area (Å²) in [7, 11) is 3.73. The first-order valence-electron chi connectivity index (χ1n) is 8.49. The molecule has 2 rings (SSSR count). The van der Waals surface area contributed by atoms with E-state index in [1.165, 1.54) is 19.3 Å². The van der Waals surface area contributed by atoms with E-state index in [1.54, 1.807) is 18.2 Å². The van der Waals surface area contributed by atoms with Gasteiger partial charge in [-0.1, -0.05) is 36.9 Å². The SMILES string of the molecule is CN(C)c1c(Cl)cccc1NC(=O)CNC(=O)CC1CCCCC1. The van der Waals surface area contributed by atoms with E-state index < -0.39 is 0 Å². The number of para-hydroxylation sites is 1. The van der Waals surface area contributed by atoms with Crippen molar-refractivity contribution in [3.05, 3.63) is 23.2 Å². The van der Waals surface area contributed by atoms with Gasteiger partial charge in [0.05, 0.1) is 22.9 Å². The number of amides is 2. The van der Waals surface area contributed by atoms with Crippen LogP contribution in [0.15, 0.2) is 18.2 Å². The van der Waals surface area contributed by atoms with E-state index in [0.717, 1.165) is 18.5 Å².